The summed E-state index contributed by atoms with van der Waals surface area (Å²) in [7, 11) is 2.78. The van der Waals surface area contributed by atoms with Crippen LogP contribution in [0.1, 0.15) is 16.8 Å². The van der Waals surface area contributed by atoms with Crippen LogP contribution < -0.4 is 10.1 Å². The van der Waals surface area contributed by atoms with Gasteiger partial charge in [-0.2, -0.15) is 0 Å². The van der Waals surface area contributed by atoms with E-state index < -0.39 is 12.0 Å². The molecule has 2 amide bonds. The van der Waals surface area contributed by atoms with E-state index in [1.807, 2.05) is 0 Å². The fourth-order valence-corrected chi connectivity index (χ4v) is 2.91. The van der Waals surface area contributed by atoms with Crippen molar-refractivity contribution in [1.29, 1.82) is 0 Å². The maximum absolute atomic E-state index is 12.7. The number of halogens is 1. The Bertz CT molecular complexity index is 634. The van der Waals surface area contributed by atoms with Crippen molar-refractivity contribution in [1.82, 2.24) is 10.2 Å². The van der Waals surface area contributed by atoms with Crippen molar-refractivity contribution >= 4 is 33.7 Å². The number of hydrogen-bond donors (Lipinski definition) is 1. The number of amides is 2. The third-order valence-electron chi connectivity index (χ3n) is 3.58. The van der Waals surface area contributed by atoms with Gasteiger partial charge < -0.3 is 19.7 Å². The first-order chi connectivity index (χ1) is 11.0. The van der Waals surface area contributed by atoms with Gasteiger partial charge >= 0.3 is 5.97 Å². The molecule has 1 saturated heterocycles. The van der Waals surface area contributed by atoms with Crippen molar-refractivity contribution in [2.24, 2.45) is 0 Å². The summed E-state index contributed by atoms with van der Waals surface area (Å²) in [5.74, 6) is -0.621. The predicted octanol–water partition coefficient (Wildman–Crippen LogP) is 0.961. The minimum atomic E-state index is -0.871. The van der Waals surface area contributed by atoms with Gasteiger partial charge in [0.05, 0.1) is 25.1 Å². The molecule has 0 radical (unpaired) electrons. The highest BCUT2D eigenvalue weighted by Crippen LogP contribution is 2.26. The van der Waals surface area contributed by atoms with E-state index in [1.165, 1.54) is 19.1 Å². The van der Waals surface area contributed by atoms with Crippen LogP contribution >= 0.6 is 15.9 Å². The summed E-state index contributed by atoms with van der Waals surface area (Å²) in [6.07, 6.45) is -0.175. The molecule has 1 atom stereocenters. The van der Waals surface area contributed by atoms with Crippen LogP contribution in [0.5, 0.6) is 5.75 Å². The number of benzene rings is 1. The van der Waals surface area contributed by atoms with Gasteiger partial charge in [0, 0.05) is 18.7 Å². The van der Waals surface area contributed by atoms with E-state index >= 15 is 0 Å². The Morgan fingerprint density at radius 3 is 2.74 bits per heavy atom. The van der Waals surface area contributed by atoms with Crippen LogP contribution in [-0.2, 0) is 14.3 Å². The zero-order chi connectivity index (χ0) is 17.0. The Morgan fingerprint density at radius 2 is 2.13 bits per heavy atom. The topological polar surface area (TPSA) is 84.9 Å². The SMILES string of the molecule is COC(=O)CC1C(=O)NCCN1C(=O)c1ccc(OC)c(Br)c1. The zero-order valence-electron chi connectivity index (χ0n) is 12.8. The molecule has 23 heavy (non-hydrogen) atoms. The summed E-state index contributed by atoms with van der Waals surface area (Å²) >= 11 is 3.33. The Hall–Kier alpha value is -2.09. The highest BCUT2D eigenvalue weighted by atomic mass is 79.9. The summed E-state index contributed by atoms with van der Waals surface area (Å²) in [6.45, 7) is 0.676. The van der Waals surface area contributed by atoms with Crippen LogP contribution in [0.3, 0.4) is 0 Å². The third kappa shape index (κ3) is 3.82. The Kier molecular flexibility index (Phi) is 5.59. The normalized spacial score (nSPS) is 17.4. The monoisotopic (exact) mass is 384 g/mol. The molecule has 1 aromatic carbocycles. The van der Waals surface area contributed by atoms with Crippen molar-refractivity contribution in [3.63, 3.8) is 0 Å². The largest absolute Gasteiger partial charge is 0.496 e. The number of hydrogen-bond acceptors (Lipinski definition) is 5. The summed E-state index contributed by atoms with van der Waals surface area (Å²) in [5.41, 5.74) is 0.405. The van der Waals surface area contributed by atoms with Crippen LogP contribution in [0.25, 0.3) is 0 Å². The molecule has 2 rings (SSSR count). The van der Waals surface area contributed by atoms with E-state index in [2.05, 4.69) is 26.0 Å². The molecule has 124 valence electrons. The number of rotatable bonds is 4. The second-order valence-corrected chi connectivity index (χ2v) is 5.79. The van der Waals surface area contributed by atoms with Gasteiger partial charge in [0.15, 0.2) is 0 Å². The van der Waals surface area contributed by atoms with E-state index in [9.17, 15) is 14.4 Å². The molecule has 0 spiro atoms. The first-order valence-corrected chi connectivity index (χ1v) is 7.76. The van der Waals surface area contributed by atoms with Gasteiger partial charge in [-0.1, -0.05) is 0 Å². The lowest BCUT2D eigenvalue weighted by atomic mass is 10.1. The van der Waals surface area contributed by atoms with Crippen LogP contribution in [0.15, 0.2) is 22.7 Å². The quantitative estimate of drug-likeness (QED) is 0.781. The second kappa shape index (κ2) is 7.45. The number of carbonyl (C=O) groups is 3. The molecule has 1 aromatic rings. The number of carbonyl (C=O) groups excluding carboxylic acids is 3. The number of piperazine rings is 1. The van der Waals surface area contributed by atoms with Gasteiger partial charge in [0.1, 0.15) is 11.8 Å². The fourth-order valence-electron chi connectivity index (χ4n) is 2.37. The molecule has 1 unspecified atom stereocenters. The van der Waals surface area contributed by atoms with Gasteiger partial charge in [0.25, 0.3) is 5.91 Å². The van der Waals surface area contributed by atoms with Crippen molar-refractivity contribution in [2.75, 3.05) is 27.3 Å². The first-order valence-electron chi connectivity index (χ1n) is 6.97. The van der Waals surface area contributed by atoms with Gasteiger partial charge in [-0.3, -0.25) is 14.4 Å². The van der Waals surface area contributed by atoms with Crippen molar-refractivity contribution in [3.05, 3.63) is 28.2 Å². The molecule has 1 heterocycles. The zero-order valence-corrected chi connectivity index (χ0v) is 14.4. The highest BCUT2D eigenvalue weighted by molar-refractivity contribution is 9.10. The smallest absolute Gasteiger partial charge is 0.308 e. The minimum absolute atomic E-state index is 0.175. The van der Waals surface area contributed by atoms with E-state index in [1.54, 1.807) is 18.2 Å². The first kappa shape index (κ1) is 17.3. The number of nitrogens with zero attached hydrogens (tertiary/aromatic N) is 1. The highest BCUT2D eigenvalue weighted by Gasteiger charge is 2.35. The Balaban J connectivity index is 2.25. The third-order valence-corrected chi connectivity index (χ3v) is 4.20. The van der Waals surface area contributed by atoms with Crippen LogP contribution in [0.4, 0.5) is 0 Å². The Morgan fingerprint density at radius 1 is 1.39 bits per heavy atom. The lowest BCUT2D eigenvalue weighted by Crippen LogP contribution is -2.57. The van der Waals surface area contributed by atoms with Gasteiger partial charge in [-0.05, 0) is 34.1 Å². The number of methoxy groups -OCH3 is 2. The van der Waals surface area contributed by atoms with Gasteiger partial charge in [-0.25, -0.2) is 0 Å². The predicted molar refractivity (Wildman–Crippen MR) is 85.2 cm³/mol. The van der Waals surface area contributed by atoms with E-state index in [4.69, 9.17) is 4.74 Å². The van der Waals surface area contributed by atoms with E-state index in [0.717, 1.165) is 0 Å². The molecule has 7 nitrogen and oxygen atoms in total. The molecular formula is C15H17BrN2O5. The maximum atomic E-state index is 12.7. The molecular weight excluding hydrogens is 368 g/mol. The molecule has 0 saturated carbocycles. The molecule has 8 heteroatoms. The second-order valence-electron chi connectivity index (χ2n) is 4.93. The van der Waals surface area contributed by atoms with Crippen molar-refractivity contribution < 1.29 is 23.9 Å². The lowest BCUT2D eigenvalue weighted by molar-refractivity contribution is -0.145. The average molecular weight is 385 g/mol. The standard InChI is InChI=1S/C15H17BrN2O5/c1-22-12-4-3-9(7-10(12)16)15(21)18-6-5-17-14(20)11(18)8-13(19)23-2/h3-4,7,11H,5-6,8H2,1-2H3,(H,17,20). The molecule has 0 aliphatic carbocycles. The maximum Gasteiger partial charge on any atom is 0.308 e. The number of esters is 1. The summed E-state index contributed by atoms with van der Waals surface area (Å²) in [4.78, 5) is 37.6. The average Bonchev–Trinajstić information content (AvgIpc) is 2.55. The number of ether oxygens (including phenoxy) is 2. The van der Waals surface area contributed by atoms with E-state index in [0.29, 0.717) is 28.9 Å². The molecule has 1 aliphatic heterocycles. The van der Waals surface area contributed by atoms with Crippen LogP contribution in [-0.4, -0.2) is 56.0 Å². The summed E-state index contributed by atoms with van der Waals surface area (Å²) in [5, 5.41) is 2.66. The molecule has 1 fully saturated rings. The molecule has 0 bridgehead atoms. The van der Waals surface area contributed by atoms with Crippen molar-refractivity contribution in [2.45, 2.75) is 12.5 Å². The fraction of sp³-hybridized carbons (Fsp3) is 0.400. The van der Waals surface area contributed by atoms with Crippen LogP contribution in [0, 0.1) is 0 Å². The Labute approximate surface area is 142 Å². The molecule has 0 aromatic heterocycles. The van der Waals surface area contributed by atoms with Gasteiger partial charge in [0.2, 0.25) is 5.91 Å². The van der Waals surface area contributed by atoms with Crippen LogP contribution in [0.2, 0.25) is 0 Å². The minimum Gasteiger partial charge on any atom is -0.496 e. The summed E-state index contributed by atoms with van der Waals surface area (Å²) < 4.78 is 10.4. The van der Waals surface area contributed by atoms with Gasteiger partial charge in [-0.15, -0.1) is 0 Å². The lowest BCUT2D eigenvalue weighted by Gasteiger charge is -2.34. The number of nitrogens with one attached hydrogen (secondary N) is 1. The molecule has 1 N–H and O–H groups in total. The van der Waals surface area contributed by atoms with Crippen molar-refractivity contribution in [3.8, 4) is 5.75 Å². The van der Waals surface area contributed by atoms with E-state index in [-0.39, 0.29) is 18.2 Å². The molecule has 1 aliphatic rings. The summed E-state index contributed by atoms with van der Waals surface area (Å²) in [6, 6.07) is 4.04.